The summed E-state index contributed by atoms with van der Waals surface area (Å²) in [6.07, 6.45) is 0.881. The Labute approximate surface area is 151 Å². The summed E-state index contributed by atoms with van der Waals surface area (Å²) in [7, 11) is 0. The van der Waals surface area contributed by atoms with Crippen LogP contribution in [0.4, 0.5) is 11.5 Å². The summed E-state index contributed by atoms with van der Waals surface area (Å²) in [6, 6.07) is 17.9. The fourth-order valence-corrected chi connectivity index (χ4v) is 3.55. The van der Waals surface area contributed by atoms with Crippen molar-refractivity contribution >= 4 is 40.3 Å². The van der Waals surface area contributed by atoms with E-state index in [1.54, 1.807) is 0 Å². The van der Waals surface area contributed by atoms with Crippen LogP contribution in [0.2, 0.25) is 5.02 Å². The van der Waals surface area contributed by atoms with E-state index in [1.165, 1.54) is 5.69 Å². The molecule has 126 valence electrons. The number of hydrogen-bond acceptors (Lipinski definition) is 4. The van der Waals surface area contributed by atoms with Gasteiger partial charge in [-0.3, -0.25) is 4.79 Å². The van der Waals surface area contributed by atoms with Gasteiger partial charge in [0.05, 0.1) is 16.1 Å². The van der Waals surface area contributed by atoms with E-state index in [0.29, 0.717) is 10.6 Å². The number of rotatable bonds is 3. The van der Waals surface area contributed by atoms with E-state index in [9.17, 15) is 4.79 Å². The molecule has 0 N–H and O–H groups in total. The number of aromatic nitrogens is 1. The van der Waals surface area contributed by atoms with E-state index in [2.05, 4.69) is 34.1 Å². The molecular formula is C20H18ClN3O. The van der Waals surface area contributed by atoms with Crippen molar-refractivity contribution in [3.05, 3.63) is 65.2 Å². The summed E-state index contributed by atoms with van der Waals surface area (Å²) in [6.45, 7) is 3.42. The Morgan fingerprint density at radius 2 is 1.64 bits per heavy atom. The largest absolute Gasteiger partial charge is 0.368 e. The number of hydrogen-bond donors (Lipinski definition) is 0. The summed E-state index contributed by atoms with van der Waals surface area (Å²) in [5.74, 6) is 0.725. The van der Waals surface area contributed by atoms with Crippen molar-refractivity contribution in [1.29, 1.82) is 0 Å². The number of carbonyl (C=O) groups is 1. The molecule has 1 aliphatic heterocycles. The SMILES string of the molecule is O=Cc1cc2cccc(Cl)c2nc1N1CCN(c2ccccc2)CC1. The van der Waals surface area contributed by atoms with Crippen molar-refractivity contribution in [2.24, 2.45) is 0 Å². The third-order valence-electron chi connectivity index (χ3n) is 4.63. The third kappa shape index (κ3) is 3.05. The first-order valence-electron chi connectivity index (χ1n) is 8.35. The van der Waals surface area contributed by atoms with Crippen LogP contribution in [0.3, 0.4) is 0 Å². The minimum absolute atomic E-state index is 0.610. The maximum Gasteiger partial charge on any atom is 0.153 e. The van der Waals surface area contributed by atoms with Gasteiger partial charge in [-0.2, -0.15) is 0 Å². The molecule has 4 rings (SSSR count). The van der Waals surface area contributed by atoms with Crippen LogP contribution in [0.25, 0.3) is 10.9 Å². The smallest absolute Gasteiger partial charge is 0.153 e. The second kappa shape index (κ2) is 6.73. The molecule has 1 fully saturated rings. The summed E-state index contributed by atoms with van der Waals surface area (Å²) in [5.41, 5.74) is 2.59. The summed E-state index contributed by atoms with van der Waals surface area (Å²) >= 11 is 6.29. The molecule has 4 nitrogen and oxygen atoms in total. The molecule has 3 aromatic rings. The highest BCUT2D eigenvalue weighted by Crippen LogP contribution is 2.28. The van der Waals surface area contributed by atoms with Crippen molar-refractivity contribution in [3.63, 3.8) is 0 Å². The molecule has 0 spiro atoms. The summed E-state index contributed by atoms with van der Waals surface area (Å²) in [5, 5.41) is 1.50. The predicted molar refractivity (Wildman–Crippen MR) is 103 cm³/mol. The Morgan fingerprint density at radius 3 is 2.36 bits per heavy atom. The molecule has 25 heavy (non-hydrogen) atoms. The lowest BCUT2D eigenvalue weighted by atomic mass is 10.1. The van der Waals surface area contributed by atoms with Gasteiger partial charge in [-0.15, -0.1) is 0 Å². The van der Waals surface area contributed by atoms with Gasteiger partial charge in [0.1, 0.15) is 5.82 Å². The van der Waals surface area contributed by atoms with E-state index in [4.69, 9.17) is 16.6 Å². The topological polar surface area (TPSA) is 36.4 Å². The maximum absolute atomic E-state index is 11.6. The Balaban J connectivity index is 1.62. The molecule has 0 aliphatic carbocycles. The zero-order valence-corrected chi connectivity index (χ0v) is 14.5. The first-order valence-corrected chi connectivity index (χ1v) is 8.73. The molecule has 0 atom stereocenters. The van der Waals surface area contributed by atoms with Crippen molar-refractivity contribution < 1.29 is 4.79 Å². The quantitative estimate of drug-likeness (QED) is 0.668. The van der Waals surface area contributed by atoms with Gasteiger partial charge in [0.2, 0.25) is 0 Å². The van der Waals surface area contributed by atoms with Crippen LogP contribution in [-0.2, 0) is 0 Å². The second-order valence-corrected chi connectivity index (χ2v) is 6.55. The summed E-state index contributed by atoms with van der Waals surface area (Å²) < 4.78 is 0. The summed E-state index contributed by atoms with van der Waals surface area (Å²) in [4.78, 5) is 20.8. The molecule has 0 radical (unpaired) electrons. The van der Waals surface area contributed by atoms with Crippen molar-refractivity contribution in [3.8, 4) is 0 Å². The molecule has 2 aromatic carbocycles. The highest BCUT2D eigenvalue weighted by Gasteiger charge is 2.21. The Hall–Kier alpha value is -2.59. The number of anilines is 2. The second-order valence-electron chi connectivity index (χ2n) is 6.14. The van der Waals surface area contributed by atoms with Crippen LogP contribution in [-0.4, -0.2) is 37.4 Å². The van der Waals surface area contributed by atoms with Crippen molar-refractivity contribution in [2.75, 3.05) is 36.0 Å². The Morgan fingerprint density at radius 1 is 0.920 bits per heavy atom. The lowest BCUT2D eigenvalue weighted by Gasteiger charge is -2.37. The van der Waals surface area contributed by atoms with Crippen molar-refractivity contribution in [2.45, 2.75) is 0 Å². The van der Waals surface area contributed by atoms with Gasteiger partial charge in [0.15, 0.2) is 6.29 Å². The molecule has 2 heterocycles. The number of carbonyl (C=O) groups excluding carboxylic acids is 1. The van der Waals surface area contributed by atoms with Crippen LogP contribution in [0.15, 0.2) is 54.6 Å². The molecule has 1 saturated heterocycles. The number of nitrogens with zero attached hydrogens (tertiary/aromatic N) is 3. The first-order chi connectivity index (χ1) is 12.3. The minimum atomic E-state index is 0.610. The fraction of sp³-hybridized carbons (Fsp3) is 0.200. The van der Waals surface area contributed by atoms with Gasteiger partial charge in [0.25, 0.3) is 0 Å². The third-order valence-corrected chi connectivity index (χ3v) is 4.94. The minimum Gasteiger partial charge on any atom is -0.368 e. The molecule has 1 aromatic heterocycles. The fourth-order valence-electron chi connectivity index (χ4n) is 3.32. The number of pyridine rings is 1. The first kappa shape index (κ1) is 15.9. The molecule has 0 amide bonds. The van der Waals surface area contributed by atoms with E-state index < -0.39 is 0 Å². The van der Waals surface area contributed by atoms with Gasteiger partial charge < -0.3 is 9.80 Å². The van der Waals surface area contributed by atoms with Crippen LogP contribution >= 0.6 is 11.6 Å². The van der Waals surface area contributed by atoms with Gasteiger partial charge in [-0.05, 0) is 24.3 Å². The highest BCUT2D eigenvalue weighted by atomic mass is 35.5. The monoisotopic (exact) mass is 351 g/mol. The number of fused-ring (bicyclic) bond motifs is 1. The molecule has 1 aliphatic rings. The zero-order valence-electron chi connectivity index (χ0n) is 13.7. The number of para-hydroxylation sites is 2. The van der Waals surface area contributed by atoms with E-state index in [-0.39, 0.29) is 0 Å². The van der Waals surface area contributed by atoms with E-state index in [1.807, 2.05) is 30.3 Å². The molecule has 5 heteroatoms. The molecular weight excluding hydrogens is 334 g/mol. The van der Waals surface area contributed by atoms with Crippen molar-refractivity contribution in [1.82, 2.24) is 4.98 Å². The van der Waals surface area contributed by atoms with E-state index >= 15 is 0 Å². The van der Waals surface area contributed by atoms with Gasteiger partial charge in [-0.25, -0.2) is 4.98 Å². The van der Waals surface area contributed by atoms with Crippen LogP contribution in [0, 0.1) is 0 Å². The lowest BCUT2D eigenvalue weighted by Crippen LogP contribution is -2.47. The van der Waals surface area contributed by atoms with Gasteiger partial charge in [0, 0.05) is 37.3 Å². The molecule has 0 saturated carbocycles. The zero-order chi connectivity index (χ0) is 17.2. The van der Waals surface area contributed by atoms with Gasteiger partial charge in [-0.1, -0.05) is 41.9 Å². The lowest BCUT2D eigenvalue weighted by molar-refractivity contribution is 0.112. The average Bonchev–Trinajstić information content (AvgIpc) is 2.68. The van der Waals surface area contributed by atoms with Crippen LogP contribution in [0.1, 0.15) is 10.4 Å². The van der Waals surface area contributed by atoms with Crippen LogP contribution in [0.5, 0.6) is 0 Å². The maximum atomic E-state index is 11.6. The van der Waals surface area contributed by atoms with Crippen LogP contribution < -0.4 is 9.80 Å². The number of aldehydes is 1. The Bertz CT molecular complexity index is 905. The highest BCUT2D eigenvalue weighted by molar-refractivity contribution is 6.35. The molecule has 0 unspecified atom stereocenters. The number of piperazine rings is 1. The number of benzene rings is 2. The van der Waals surface area contributed by atoms with Gasteiger partial charge >= 0.3 is 0 Å². The predicted octanol–water partition coefficient (Wildman–Crippen LogP) is 4.03. The molecule has 0 bridgehead atoms. The normalized spacial score (nSPS) is 14.8. The van der Waals surface area contributed by atoms with E-state index in [0.717, 1.165) is 49.2 Å². The average molecular weight is 352 g/mol. The number of halogens is 1. The Kier molecular flexibility index (Phi) is 4.28. The standard InChI is InChI=1S/C20H18ClN3O/c21-18-8-4-5-15-13-16(14-25)20(22-19(15)18)24-11-9-23(10-12-24)17-6-2-1-3-7-17/h1-8,13-14H,9-12H2.